The predicted molar refractivity (Wildman–Crippen MR) is 90.1 cm³/mol. The first-order valence-electron chi connectivity index (χ1n) is 7.27. The van der Waals surface area contributed by atoms with E-state index in [0.717, 1.165) is 15.2 Å². The van der Waals surface area contributed by atoms with E-state index in [4.69, 9.17) is 9.47 Å². The van der Waals surface area contributed by atoms with Crippen molar-refractivity contribution in [3.05, 3.63) is 53.5 Å². The van der Waals surface area contributed by atoms with Crippen molar-refractivity contribution in [1.82, 2.24) is 10.3 Å². The molecule has 0 saturated carbocycles. The van der Waals surface area contributed by atoms with Gasteiger partial charge < -0.3 is 14.8 Å². The molecular formula is C17H16N2O3S. The van der Waals surface area contributed by atoms with Crippen molar-refractivity contribution >= 4 is 27.6 Å². The predicted octanol–water partition coefficient (Wildman–Crippen LogP) is 3.98. The van der Waals surface area contributed by atoms with Gasteiger partial charge in [0.25, 0.3) is 0 Å². The van der Waals surface area contributed by atoms with E-state index in [0.29, 0.717) is 24.7 Å². The number of rotatable bonds is 5. The molecule has 0 aliphatic carbocycles. The van der Waals surface area contributed by atoms with Crippen LogP contribution in [0.5, 0.6) is 11.5 Å². The van der Waals surface area contributed by atoms with E-state index in [2.05, 4.69) is 10.3 Å². The van der Waals surface area contributed by atoms with Crippen LogP contribution in [0.3, 0.4) is 0 Å². The number of hydrogen-bond acceptors (Lipinski definition) is 5. The summed E-state index contributed by atoms with van der Waals surface area (Å²) in [6, 6.07) is 14.9. The Bertz CT molecular complexity index is 766. The minimum absolute atomic E-state index is 0.413. The lowest BCUT2D eigenvalue weighted by molar-refractivity contribution is 0.201. The van der Waals surface area contributed by atoms with E-state index in [-0.39, 0.29) is 0 Å². The van der Waals surface area contributed by atoms with Gasteiger partial charge in [-0.25, -0.2) is 9.78 Å². The highest BCUT2D eigenvalue weighted by Crippen LogP contribution is 2.23. The lowest BCUT2D eigenvalue weighted by Gasteiger charge is -2.07. The Kier molecular flexibility index (Phi) is 4.73. The number of hydrogen-bond donors (Lipinski definition) is 1. The van der Waals surface area contributed by atoms with Gasteiger partial charge in [-0.15, -0.1) is 11.3 Å². The highest BCUT2D eigenvalue weighted by molar-refractivity contribution is 7.18. The highest BCUT2D eigenvalue weighted by Gasteiger charge is 2.05. The van der Waals surface area contributed by atoms with Crippen LogP contribution in [0.2, 0.25) is 0 Å². The number of carbonyl (C=O) groups excluding carboxylic acids is 1. The van der Waals surface area contributed by atoms with Crippen molar-refractivity contribution < 1.29 is 14.3 Å². The van der Waals surface area contributed by atoms with Gasteiger partial charge in [0.05, 0.1) is 10.2 Å². The quantitative estimate of drug-likeness (QED) is 0.769. The molecule has 0 bridgehead atoms. The zero-order chi connectivity index (χ0) is 16.1. The molecule has 3 aromatic rings. The van der Waals surface area contributed by atoms with Gasteiger partial charge in [0.2, 0.25) is 0 Å². The lowest BCUT2D eigenvalue weighted by Crippen LogP contribution is -2.26. The molecule has 0 fully saturated rings. The molecule has 23 heavy (non-hydrogen) atoms. The van der Waals surface area contributed by atoms with Crippen LogP contribution in [0.15, 0.2) is 48.5 Å². The second kappa shape index (κ2) is 7.11. The Hall–Kier alpha value is -2.60. The van der Waals surface area contributed by atoms with Gasteiger partial charge in [-0.05, 0) is 43.3 Å². The summed E-state index contributed by atoms with van der Waals surface area (Å²) in [7, 11) is 0. The van der Waals surface area contributed by atoms with E-state index < -0.39 is 6.09 Å². The number of nitrogens with one attached hydrogen (secondary N) is 1. The highest BCUT2D eigenvalue weighted by atomic mass is 32.1. The summed E-state index contributed by atoms with van der Waals surface area (Å²) in [5.41, 5.74) is 0.988. The molecule has 1 N–H and O–H groups in total. The maximum absolute atomic E-state index is 11.3. The molecule has 0 radical (unpaired) electrons. The number of thiazole rings is 1. The third-order valence-electron chi connectivity index (χ3n) is 3.06. The van der Waals surface area contributed by atoms with Crippen molar-refractivity contribution in [3.63, 3.8) is 0 Å². The number of amides is 1. The van der Waals surface area contributed by atoms with E-state index in [1.807, 2.05) is 31.2 Å². The van der Waals surface area contributed by atoms with Gasteiger partial charge in [0.1, 0.15) is 23.1 Å². The van der Waals surface area contributed by atoms with Crippen LogP contribution in [0, 0.1) is 0 Å². The lowest BCUT2D eigenvalue weighted by atomic mass is 10.3. The second-order valence-electron chi connectivity index (χ2n) is 4.76. The smallest absolute Gasteiger partial charge is 0.412 e. The van der Waals surface area contributed by atoms with Crippen LogP contribution < -0.4 is 14.8 Å². The summed E-state index contributed by atoms with van der Waals surface area (Å²) in [6.07, 6.45) is -0.462. The van der Waals surface area contributed by atoms with Gasteiger partial charge in [-0.1, -0.05) is 12.1 Å². The van der Waals surface area contributed by atoms with E-state index in [9.17, 15) is 4.79 Å². The van der Waals surface area contributed by atoms with Crippen molar-refractivity contribution in [2.45, 2.75) is 13.5 Å². The maximum Gasteiger partial charge on any atom is 0.412 e. The van der Waals surface area contributed by atoms with Crippen molar-refractivity contribution in [2.24, 2.45) is 0 Å². The first-order valence-corrected chi connectivity index (χ1v) is 8.09. The third-order valence-corrected chi connectivity index (χ3v) is 4.07. The molecule has 118 valence electrons. The fraction of sp³-hybridized carbons (Fsp3) is 0.176. The summed E-state index contributed by atoms with van der Waals surface area (Å²) < 4.78 is 12.0. The Morgan fingerprint density at radius 2 is 1.87 bits per heavy atom. The van der Waals surface area contributed by atoms with Crippen LogP contribution in [0.4, 0.5) is 4.79 Å². The fourth-order valence-corrected chi connectivity index (χ4v) is 2.90. The number of carbonyl (C=O) groups is 1. The van der Waals surface area contributed by atoms with Crippen LogP contribution in [-0.4, -0.2) is 17.6 Å². The molecule has 0 spiro atoms. The van der Waals surface area contributed by atoms with Gasteiger partial charge in [0.15, 0.2) is 0 Å². The SMILES string of the molecule is CCNC(=O)Oc1ccc(OCc2nc3ccccc3s2)cc1. The van der Waals surface area contributed by atoms with Crippen molar-refractivity contribution in [3.8, 4) is 11.5 Å². The number of nitrogens with zero attached hydrogens (tertiary/aromatic N) is 1. The van der Waals surface area contributed by atoms with E-state index >= 15 is 0 Å². The van der Waals surface area contributed by atoms with Crippen molar-refractivity contribution in [2.75, 3.05) is 6.54 Å². The number of ether oxygens (including phenoxy) is 2. The number of aromatic nitrogens is 1. The van der Waals surface area contributed by atoms with Gasteiger partial charge in [-0.2, -0.15) is 0 Å². The Morgan fingerprint density at radius 3 is 2.61 bits per heavy atom. The zero-order valence-electron chi connectivity index (χ0n) is 12.6. The molecule has 0 aliphatic heterocycles. The Morgan fingerprint density at radius 1 is 1.13 bits per heavy atom. The molecule has 0 unspecified atom stereocenters. The zero-order valence-corrected chi connectivity index (χ0v) is 13.4. The van der Waals surface area contributed by atoms with Crippen LogP contribution in [-0.2, 0) is 6.61 Å². The second-order valence-corrected chi connectivity index (χ2v) is 5.87. The molecule has 1 aromatic heterocycles. The molecule has 2 aromatic carbocycles. The van der Waals surface area contributed by atoms with Crippen molar-refractivity contribution in [1.29, 1.82) is 0 Å². The summed E-state index contributed by atoms with van der Waals surface area (Å²) in [6.45, 7) is 2.78. The first kappa shape index (κ1) is 15.3. The van der Waals surface area contributed by atoms with Crippen LogP contribution in [0.1, 0.15) is 11.9 Å². The fourth-order valence-electron chi connectivity index (χ4n) is 2.02. The van der Waals surface area contributed by atoms with Crippen LogP contribution in [0.25, 0.3) is 10.2 Å². The topological polar surface area (TPSA) is 60.5 Å². The van der Waals surface area contributed by atoms with Gasteiger partial charge >= 0.3 is 6.09 Å². The maximum atomic E-state index is 11.3. The molecule has 1 amide bonds. The number of para-hydroxylation sites is 1. The molecule has 0 aliphatic rings. The molecule has 0 saturated heterocycles. The minimum atomic E-state index is -0.462. The Balaban J connectivity index is 1.58. The monoisotopic (exact) mass is 328 g/mol. The molecule has 5 nitrogen and oxygen atoms in total. The average Bonchev–Trinajstić information content (AvgIpc) is 2.97. The van der Waals surface area contributed by atoms with E-state index in [1.54, 1.807) is 35.6 Å². The summed E-state index contributed by atoms with van der Waals surface area (Å²) in [5.74, 6) is 1.18. The Labute approximate surface area is 137 Å². The normalized spacial score (nSPS) is 10.5. The summed E-state index contributed by atoms with van der Waals surface area (Å²) in [4.78, 5) is 15.8. The van der Waals surface area contributed by atoms with Crippen LogP contribution >= 0.6 is 11.3 Å². The largest absolute Gasteiger partial charge is 0.486 e. The molecule has 0 atom stereocenters. The molecule has 3 rings (SSSR count). The third kappa shape index (κ3) is 3.98. The van der Waals surface area contributed by atoms with Gasteiger partial charge in [0, 0.05) is 6.54 Å². The first-order chi connectivity index (χ1) is 11.2. The van der Waals surface area contributed by atoms with E-state index in [1.165, 1.54) is 0 Å². The standard InChI is InChI=1S/C17H16N2O3S/c1-2-18-17(20)22-13-9-7-12(8-10-13)21-11-16-19-14-5-3-4-6-15(14)23-16/h3-10H,2,11H2,1H3,(H,18,20). The van der Waals surface area contributed by atoms with Gasteiger partial charge in [-0.3, -0.25) is 0 Å². The molecular weight excluding hydrogens is 312 g/mol. The summed E-state index contributed by atoms with van der Waals surface area (Å²) >= 11 is 1.62. The molecule has 1 heterocycles. The number of benzene rings is 2. The summed E-state index contributed by atoms with van der Waals surface area (Å²) in [5, 5.41) is 3.49. The molecule has 6 heteroatoms. The number of fused-ring (bicyclic) bond motifs is 1. The minimum Gasteiger partial charge on any atom is -0.486 e. The average molecular weight is 328 g/mol.